The van der Waals surface area contributed by atoms with Gasteiger partial charge in [-0.3, -0.25) is 9.48 Å². The van der Waals surface area contributed by atoms with E-state index in [0.29, 0.717) is 17.2 Å². The normalized spacial score (nSPS) is 10.8. The summed E-state index contributed by atoms with van der Waals surface area (Å²) in [5, 5.41) is 10.7. The number of carbonyl (C=O) groups is 1. The van der Waals surface area contributed by atoms with E-state index >= 15 is 0 Å². The standard InChI is InChI=1S/C15H16N4O3/c1-2-3-6-19-10-11(9-16-19)17-15(20)12-8-14(22-18-12)13-5-4-7-21-13/h4-5,7-10H,2-3,6H2,1H3,(H,17,20). The fourth-order valence-electron chi connectivity index (χ4n) is 1.98. The number of carbonyl (C=O) groups excluding carboxylic acids is 1. The van der Waals surface area contributed by atoms with Crippen molar-refractivity contribution in [3.8, 4) is 11.5 Å². The molecule has 0 spiro atoms. The van der Waals surface area contributed by atoms with Gasteiger partial charge in [-0.25, -0.2) is 0 Å². The Morgan fingerprint density at radius 2 is 2.32 bits per heavy atom. The zero-order valence-electron chi connectivity index (χ0n) is 12.2. The van der Waals surface area contributed by atoms with Crippen LogP contribution in [-0.2, 0) is 6.54 Å². The van der Waals surface area contributed by atoms with E-state index < -0.39 is 0 Å². The van der Waals surface area contributed by atoms with Gasteiger partial charge in [0.2, 0.25) is 5.76 Å². The number of hydrogen-bond acceptors (Lipinski definition) is 5. The molecule has 3 rings (SSSR count). The lowest BCUT2D eigenvalue weighted by Crippen LogP contribution is -2.11. The van der Waals surface area contributed by atoms with Crippen LogP contribution < -0.4 is 5.32 Å². The van der Waals surface area contributed by atoms with Gasteiger partial charge in [-0.2, -0.15) is 5.10 Å². The highest BCUT2D eigenvalue weighted by Crippen LogP contribution is 2.21. The molecule has 7 nitrogen and oxygen atoms in total. The van der Waals surface area contributed by atoms with Crippen molar-refractivity contribution >= 4 is 11.6 Å². The molecule has 0 saturated carbocycles. The first-order chi connectivity index (χ1) is 10.8. The molecule has 0 aliphatic rings. The summed E-state index contributed by atoms with van der Waals surface area (Å²) in [6.07, 6.45) is 7.07. The van der Waals surface area contributed by atoms with Gasteiger partial charge >= 0.3 is 0 Å². The van der Waals surface area contributed by atoms with Crippen LogP contribution in [0, 0.1) is 0 Å². The zero-order chi connectivity index (χ0) is 15.4. The summed E-state index contributed by atoms with van der Waals surface area (Å²) < 4.78 is 12.1. The van der Waals surface area contributed by atoms with Gasteiger partial charge in [-0.15, -0.1) is 0 Å². The third-order valence-corrected chi connectivity index (χ3v) is 3.14. The van der Waals surface area contributed by atoms with Crippen LogP contribution in [0.25, 0.3) is 11.5 Å². The van der Waals surface area contributed by atoms with E-state index in [1.54, 1.807) is 29.2 Å². The van der Waals surface area contributed by atoms with Gasteiger partial charge in [0, 0.05) is 18.8 Å². The predicted molar refractivity (Wildman–Crippen MR) is 79.3 cm³/mol. The van der Waals surface area contributed by atoms with E-state index in [2.05, 4.69) is 22.5 Å². The second kappa shape index (κ2) is 6.30. The van der Waals surface area contributed by atoms with Crippen molar-refractivity contribution in [2.24, 2.45) is 0 Å². The van der Waals surface area contributed by atoms with Crippen molar-refractivity contribution in [3.05, 3.63) is 42.5 Å². The number of amides is 1. The molecular formula is C15H16N4O3. The Morgan fingerprint density at radius 1 is 1.41 bits per heavy atom. The van der Waals surface area contributed by atoms with Crippen molar-refractivity contribution in [1.82, 2.24) is 14.9 Å². The van der Waals surface area contributed by atoms with Crippen molar-refractivity contribution in [3.63, 3.8) is 0 Å². The summed E-state index contributed by atoms with van der Waals surface area (Å²) in [7, 11) is 0. The van der Waals surface area contributed by atoms with Crippen molar-refractivity contribution in [2.75, 3.05) is 5.32 Å². The summed E-state index contributed by atoms with van der Waals surface area (Å²) in [5.41, 5.74) is 0.816. The molecule has 3 aromatic heterocycles. The second-order valence-corrected chi connectivity index (χ2v) is 4.85. The number of nitrogens with zero attached hydrogens (tertiary/aromatic N) is 3. The number of nitrogens with one attached hydrogen (secondary N) is 1. The summed E-state index contributed by atoms with van der Waals surface area (Å²) in [4.78, 5) is 12.1. The molecule has 1 amide bonds. The summed E-state index contributed by atoms with van der Waals surface area (Å²) in [6.45, 7) is 2.95. The van der Waals surface area contributed by atoms with Crippen LogP contribution in [0.15, 0.2) is 45.8 Å². The number of furan rings is 1. The monoisotopic (exact) mass is 300 g/mol. The van der Waals surface area contributed by atoms with Gasteiger partial charge in [0.1, 0.15) is 0 Å². The quantitative estimate of drug-likeness (QED) is 0.755. The smallest absolute Gasteiger partial charge is 0.277 e. The lowest BCUT2D eigenvalue weighted by molar-refractivity contribution is 0.101. The average Bonchev–Trinajstić information content (AvgIpc) is 3.25. The molecular weight excluding hydrogens is 284 g/mol. The Bertz CT molecular complexity index is 743. The van der Waals surface area contributed by atoms with Crippen LogP contribution in [0.1, 0.15) is 30.3 Å². The van der Waals surface area contributed by atoms with Gasteiger partial charge < -0.3 is 14.3 Å². The minimum Gasteiger partial charge on any atom is -0.461 e. The first-order valence-corrected chi connectivity index (χ1v) is 7.10. The lowest BCUT2D eigenvalue weighted by atomic mass is 10.3. The molecule has 1 N–H and O–H groups in total. The third kappa shape index (κ3) is 3.08. The largest absolute Gasteiger partial charge is 0.461 e. The molecule has 0 bridgehead atoms. The van der Waals surface area contributed by atoms with Crippen molar-refractivity contribution in [2.45, 2.75) is 26.3 Å². The minimum absolute atomic E-state index is 0.188. The van der Waals surface area contributed by atoms with Crippen LogP contribution in [0.3, 0.4) is 0 Å². The van der Waals surface area contributed by atoms with Gasteiger partial charge in [0.25, 0.3) is 5.91 Å². The van der Waals surface area contributed by atoms with Crippen LogP contribution >= 0.6 is 0 Å². The van der Waals surface area contributed by atoms with E-state index in [1.165, 1.54) is 12.3 Å². The van der Waals surface area contributed by atoms with Crippen LogP contribution in [0.5, 0.6) is 0 Å². The van der Waals surface area contributed by atoms with E-state index in [9.17, 15) is 4.79 Å². The Kier molecular flexibility index (Phi) is 4.04. The Labute approximate surface area is 126 Å². The zero-order valence-corrected chi connectivity index (χ0v) is 12.2. The van der Waals surface area contributed by atoms with E-state index in [4.69, 9.17) is 8.94 Å². The molecule has 0 aliphatic heterocycles. The lowest BCUT2D eigenvalue weighted by Gasteiger charge is -1.99. The first kappa shape index (κ1) is 14.1. The SMILES string of the molecule is CCCCn1cc(NC(=O)c2cc(-c3ccco3)on2)cn1. The number of aromatic nitrogens is 3. The minimum atomic E-state index is -0.350. The van der Waals surface area contributed by atoms with Gasteiger partial charge in [0.05, 0.1) is 18.1 Å². The average molecular weight is 300 g/mol. The molecule has 22 heavy (non-hydrogen) atoms. The van der Waals surface area contributed by atoms with E-state index in [0.717, 1.165) is 19.4 Å². The maximum Gasteiger partial charge on any atom is 0.277 e. The third-order valence-electron chi connectivity index (χ3n) is 3.14. The summed E-state index contributed by atoms with van der Waals surface area (Å²) in [6, 6.07) is 5.01. The second-order valence-electron chi connectivity index (χ2n) is 4.85. The number of aryl methyl sites for hydroxylation is 1. The topological polar surface area (TPSA) is 86.1 Å². The first-order valence-electron chi connectivity index (χ1n) is 7.10. The van der Waals surface area contributed by atoms with Gasteiger partial charge in [-0.1, -0.05) is 18.5 Å². The van der Waals surface area contributed by atoms with E-state index in [-0.39, 0.29) is 11.6 Å². The summed E-state index contributed by atoms with van der Waals surface area (Å²) >= 11 is 0. The van der Waals surface area contributed by atoms with Crippen LogP contribution in [0.4, 0.5) is 5.69 Å². The van der Waals surface area contributed by atoms with Gasteiger partial charge in [-0.05, 0) is 18.6 Å². The molecule has 7 heteroatoms. The number of anilines is 1. The highest BCUT2D eigenvalue weighted by molar-refractivity contribution is 6.03. The fraction of sp³-hybridized carbons (Fsp3) is 0.267. The number of hydrogen-bond donors (Lipinski definition) is 1. The molecule has 0 aliphatic carbocycles. The maximum atomic E-state index is 12.1. The fourth-order valence-corrected chi connectivity index (χ4v) is 1.98. The number of rotatable bonds is 6. The molecule has 3 aromatic rings. The molecule has 0 fully saturated rings. The van der Waals surface area contributed by atoms with E-state index in [1.807, 2.05) is 0 Å². The van der Waals surface area contributed by atoms with Crippen LogP contribution in [-0.4, -0.2) is 20.8 Å². The Balaban J connectivity index is 1.65. The molecule has 0 saturated heterocycles. The molecule has 0 atom stereocenters. The van der Waals surface area contributed by atoms with Crippen molar-refractivity contribution < 1.29 is 13.7 Å². The Morgan fingerprint density at radius 3 is 3.09 bits per heavy atom. The molecule has 0 unspecified atom stereocenters. The highest BCUT2D eigenvalue weighted by atomic mass is 16.5. The molecule has 114 valence electrons. The summed E-state index contributed by atoms with van der Waals surface area (Å²) in [5.74, 6) is 0.587. The highest BCUT2D eigenvalue weighted by Gasteiger charge is 2.15. The van der Waals surface area contributed by atoms with Crippen molar-refractivity contribution in [1.29, 1.82) is 0 Å². The number of unbranched alkanes of at least 4 members (excludes halogenated alkanes) is 1. The van der Waals surface area contributed by atoms with Crippen LogP contribution in [0.2, 0.25) is 0 Å². The predicted octanol–water partition coefficient (Wildman–Crippen LogP) is 3.18. The molecule has 0 aromatic carbocycles. The molecule has 0 radical (unpaired) electrons. The Hall–Kier alpha value is -2.83. The molecule has 3 heterocycles. The maximum absolute atomic E-state index is 12.1. The van der Waals surface area contributed by atoms with Gasteiger partial charge in [0.15, 0.2) is 11.5 Å².